The van der Waals surface area contributed by atoms with E-state index in [2.05, 4.69) is 10.6 Å². The van der Waals surface area contributed by atoms with E-state index >= 15 is 0 Å². The second kappa shape index (κ2) is 9.49. The summed E-state index contributed by atoms with van der Waals surface area (Å²) < 4.78 is 0. The molecule has 0 saturated carbocycles. The lowest BCUT2D eigenvalue weighted by atomic mass is 10.1. The largest absolute Gasteiger partial charge is 0.350 e. The van der Waals surface area contributed by atoms with Crippen LogP contribution in [0.4, 0.5) is 5.69 Å². The van der Waals surface area contributed by atoms with Gasteiger partial charge in [0.05, 0.1) is 11.3 Å². The monoisotopic (exact) mass is 376 g/mol. The highest BCUT2D eigenvalue weighted by Gasteiger charge is 2.13. The highest BCUT2D eigenvalue weighted by molar-refractivity contribution is 7.99. The average Bonchev–Trinajstić information content (AvgIpc) is 2.56. The first kappa shape index (κ1) is 19.3. The van der Waals surface area contributed by atoms with Gasteiger partial charge in [-0.25, -0.2) is 0 Å². The minimum atomic E-state index is -0.193. The summed E-state index contributed by atoms with van der Waals surface area (Å²) >= 11 is 7.44. The molecule has 0 unspecified atom stereocenters. The summed E-state index contributed by atoms with van der Waals surface area (Å²) in [6.45, 7) is 3.79. The Morgan fingerprint density at radius 1 is 1.08 bits per heavy atom. The normalized spacial score (nSPS) is 10.6. The molecule has 2 aromatic carbocycles. The molecule has 0 spiro atoms. The molecular formula is C19H21ClN2O2S. The summed E-state index contributed by atoms with van der Waals surface area (Å²) in [6, 6.07) is 14.6. The van der Waals surface area contributed by atoms with Gasteiger partial charge in [0.2, 0.25) is 5.91 Å². The number of benzene rings is 2. The highest BCUT2D eigenvalue weighted by Crippen LogP contribution is 2.21. The van der Waals surface area contributed by atoms with Crippen molar-refractivity contribution in [1.29, 1.82) is 0 Å². The SMILES string of the molecule is CC(C)NC(=O)c1ccccc1NC(=O)CCSc1ccc(Cl)cc1. The Bertz CT molecular complexity index is 732. The summed E-state index contributed by atoms with van der Waals surface area (Å²) in [7, 11) is 0. The Hall–Kier alpha value is -1.98. The summed E-state index contributed by atoms with van der Waals surface area (Å²) in [4.78, 5) is 25.4. The molecule has 2 rings (SSSR count). The maximum absolute atomic E-state index is 12.2. The van der Waals surface area contributed by atoms with Crippen LogP contribution < -0.4 is 10.6 Å². The number of carbonyl (C=O) groups is 2. The molecule has 0 fully saturated rings. The molecule has 0 aliphatic carbocycles. The van der Waals surface area contributed by atoms with Gasteiger partial charge in [-0.1, -0.05) is 23.7 Å². The lowest BCUT2D eigenvalue weighted by molar-refractivity contribution is -0.115. The van der Waals surface area contributed by atoms with E-state index in [1.54, 1.807) is 36.0 Å². The summed E-state index contributed by atoms with van der Waals surface area (Å²) in [5.74, 6) is 0.334. The minimum absolute atomic E-state index is 0.0343. The van der Waals surface area contributed by atoms with E-state index in [0.29, 0.717) is 28.4 Å². The fourth-order valence-electron chi connectivity index (χ4n) is 2.14. The van der Waals surface area contributed by atoms with E-state index in [1.807, 2.05) is 38.1 Å². The van der Waals surface area contributed by atoms with Gasteiger partial charge >= 0.3 is 0 Å². The Kier molecular flexibility index (Phi) is 7.34. The molecule has 25 heavy (non-hydrogen) atoms. The molecule has 0 radical (unpaired) electrons. The predicted molar refractivity (Wildman–Crippen MR) is 104 cm³/mol. The van der Waals surface area contributed by atoms with Gasteiger partial charge < -0.3 is 10.6 Å². The van der Waals surface area contributed by atoms with Crippen LogP contribution in [0, 0.1) is 0 Å². The fraction of sp³-hybridized carbons (Fsp3) is 0.263. The van der Waals surface area contributed by atoms with Crippen molar-refractivity contribution >= 4 is 40.9 Å². The van der Waals surface area contributed by atoms with Crippen LogP contribution in [0.25, 0.3) is 0 Å². The van der Waals surface area contributed by atoms with E-state index in [-0.39, 0.29) is 17.9 Å². The Morgan fingerprint density at radius 2 is 1.76 bits per heavy atom. The lowest BCUT2D eigenvalue weighted by Gasteiger charge is -2.13. The first-order chi connectivity index (χ1) is 12.0. The van der Waals surface area contributed by atoms with Crippen LogP contribution in [0.5, 0.6) is 0 Å². The number of anilines is 1. The van der Waals surface area contributed by atoms with Gasteiger partial charge in [-0.15, -0.1) is 11.8 Å². The lowest BCUT2D eigenvalue weighted by Crippen LogP contribution is -2.31. The van der Waals surface area contributed by atoms with E-state index in [1.165, 1.54) is 0 Å². The van der Waals surface area contributed by atoms with Crippen LogP contribution in [0.1, 0.15) is 30.6 Å². The Labute approximate surface area is 157 Å². The van der Waals surface area contributed by atoms with E-state index in [4.69, 9.17) is 11.6 Å². The second-order valence-electron chi connectivity index (χ2n) is 5.77. The van der Waals surface area contributed by atoms with Crippen molar-refractivity contribution in [3.63, 3.8) is 0 Å². The van der Waals surface area contributed by atoms with Crippen LogP contribution >= 0.6 is 23.4 Å². The number of para-hydroxylation sites is 1. The van der Waals surface area contributed by atoms with Gasteiger partial charge in [0.25, 0.3) is 5.91 Å². The standard InChI is InChI=1S/C19H21ClN2O2S/c1-13(2)21-19(24)16-5-3-4-6-17(16)22-18(23)11-12-25-15-9-7-14(20)8-10-15/h3-10,13H,11-12H2,1-2H3,(H,21,24)(H,22,23). The number of nitrogens with one attached hydrogen (secondary N) is 2. The predicted octanol–water partition coefficient (Wildman–Crippen LogP) is 4.60. The molecule has 0 bridgehead atoms. The number of rotatable bonds is 7. The number of amides is 2. The molecule has 4 nitrogen and oxygen atoms in total. The molecular weight excluding hydrogens is 356 g/mol. The van der Waals surface area contributed by atoms with Crippen molar-refractivity contribution in [2.24, 2.45) is 0 Å². The fourth-order valence-corrected chi connectivity index (χ4v) is 3.11. The van der Waals surface area contributed by atoms with Gasteiger partial charge in [0.15, 0.2) is 0 Å². The van der Waals surface area contributed by atoms with Crippen molar-refractivity contribution in [2.75, 3.05) is 11.1 Å². The number of carbonyl (C=O) groups excluding carboxylic acids is 2. The van der Waals surface area contributed by atoms with Crippen LogP contribution in [0.2, 0.25) is 5.02 Å². The second-order valence-corrected chi connectivity index (χ2v) is 7.38. The van der Waals surface area contributed by atoms with E-state index in [0.717, 1.165) is 4.90 Å². The van der Waals surface area contributed by atoms with Crippen LogP contribution in [0.3, 0.4) is 0 Å². The molecule has 0 aromatic heterocycles. The molecule has 0 saturated heterocycles. The van der Waals surface area contributed by atoms with Crippen molar-refractivity contribution in [3.8, 4) is 0 Å². The van der Waals surface area contributed by atoms with E-state index in [9.17, 15) is 9.59 Å². The number of halogens is 1. The summed E-state index contributed by atoms with van der Waals surface area (Å²) in [5.41, 5.74) is 0.997. The highest BCUT2D eigenvalue weighted by atomic mass is 35.5. The van der Waals surface area contributed by atoms with Gasteiger partial charge in [-0.05, 0) is 50.2 Å². The molecule has 2 aromatic rings. The number of hydrogen-bond acceptors (Lipinski definition) is 3. The third-order valence-corrected chi connectivity index (χ3v) is 4.54. The molecule has 6 heteroatoms. The van der Waals surface area contributed by atoms with Gasteiger partial charge in [-0.3, -0.25) is 9.59 Å². The quantitative estimate of drug-likeness (QED) is 0.694. The topological polar surface area (TPSA) is 58.2 Å². The third-order valence-electron chi connectivity index (χ3n) is 3.28. The van der Waals surface area contributed by atoms with Crippen molar-refractivity contribution < 1.29 is 9.59 Å². The first-order valence-electron chi connectivity index (χ1n) is 8.04. The number of thioether (sulfide) groups is 1. The summed E-state index contributed by atoms with van der Waals surface area (Å²) in [6.07, 6.45) is 0.355. The zero-order valence-electron chi connectivity index (χ0n) is 14.2. The van der Waals surface area contributed by atoms with Gasteiger partial charge in [0.1, 0.15) is 0 Å². The maximum atomic E-state index is 12.2. The van der Waals surface area contributed by atoms with Gasteiger partial charge in [0, 0.05) is 28.1 Å². The van der Waals surface area contributed by atoms with Gasteiger partial charge in [-0.2, -0.15) is 0 Å². The summed E-state index contributed by atoms with van der Waals surface area (Å²) in [5, 5.41) is 6.36. The number of hydrogen-bond donors (Lipinski definition) is 2. The molecule has 2 N–H and O–H groups in total. The first-order valence-corrected chi connectivity index (χ1v) is 9.40. The molecule has 0 aliphatic heterocycles. The minimum Gasteiger partial charge on any atom is -0.350 e. The van der Waals surface area contributed by atoms with Crippen molar-refractivity contribution in [3.05, 3.63) is 59.1 Å². The zero-order chi connectivity index (χ0) is 18.2. The Morgan fingerprint density at radius 3 is 2.44 bits per heavy atom. The third kappa shape index (κ3) is 6.44. The van der Waals surface area contributed by atoms with Crippen molar-refractivity contribution in [2.45, 2.75) is 31.2 Å². The molecule has 132 valence electrons. The smallest absolute Gasteiger partial charge is 0.253 e. The molecule has 0 aliphatic rings. The zero-order valence-corrected chi connectivity index (χ0v) is 15.8. The maximum Gasteiger partial charge on any atom is 0.253 e. The molecule has 0 heterocycles. The Balaban J connectivity index is 1.90. The average molecular weight is 377 g/mol. The molecule has 0 atom stereocenters. The van der Waals surface area contributed by atoms with Crippen LogP contribution in [-0.4, -0.2) is 23.6 Å². The van der Waals surface area contributed by atoms with Crippen LogP contribution in [-0.2, 0) is 4.79 Å². The van der Waals surface area contributed by atoms with Crippen LogP contribution in [0.15, 0.2) is 53.4 Å². The van der Waals surface area contributed by atoms with E-state index < -0.39 is 0 Å². The van der Waals surface area contributed by atoms with Crippen molar-refractivity contribution in [1.82, 2.24) is 5.32 Å². The molecule has 2 amide bonds.